The number of ether oxygens (including phenoxy) is 1. The highest BCUT2D eigenvalue weighted by Gasteiger charge is 1.94. The minimum Gasteiger partial charge on any atom is -0.366 e. The monoisotopic (exact) mass is 196 g/mol. The molecular weight excluding hydrogens is 179 g/mol. The number of halogens is 1. The van der Waals surface area contributed by atoms with E-state index < -0.39 is 6.67 Å². The van der Waals surface area contributed by atoms with Gasteiger partial charge in [-0.15, -0.1) is 6.58 Å². The topological polar surface area (TPSA) is 9.23 Å². The standard InChI is InChI=1S/C12H17FO/c1-3-5-11-14-12(4-2)9-7-6-8-10-13/h3-9,12H,2,10-11H2,1H3/b5-3+,8-6-,9-7-. The molecule has 0 bridgehead atoms. The Kier molecular flexibility index (Phi) is 9.12. The van der Waals surface area contributed by atoms with E-state index in [9.17, 15) is 4.39 Å². The van der Waals surface area contributed by atoms with E-state index in [-0.39, 0.29) is 6.10 Å². The first-order valence-electron chi connectivity index (χ1n) is 4.59. The predicted octanol–water partition coefficient (Wildman–Crippen LogP) is 3.22. The molecule has 0 aliphatic rings. The molecule has 0 aliphatic heterocycles. The smallest absolute Gasteiger partial charge is 0.108 e. The first-order valence-corrected chi connectivity index (χ1v) is 4.59. The first kappa shape index (κ1) is 12.8. The Morgan fingerprint density at radius 3 is 2.71 bits per heavy atom. The molecule has 0 saturated heterocycles. The van der Waals surface area contributed by atoms with Gasteiger partial charge in [-0.1, -0.05) is 42.5 Å². The molecule has 1 unspecified atom stereocenters. The summed E-state index contributed by atoms with van der Waals surface area (Å²) in [6.07, 6.45) is 12.1. The van der Waals surface area contributed by atoms with Gasteiger partial charge in [0, 0.05) is 0 Å². The van der Waals surface area contributed by atoms with Crippen LogP contribution >= 0.6 is 0 Å². The number of hydrogen-bond acceptors (Lipinski definition) is 1. The van der Waals surface area contributed by atoms with Crippen LogP contribution in [0.25, 0.3) is 0 Å². The highest BCUT2D eigenvalue weighted by atomic mass is 19.1. The molecule has 14 heavy (non-hydrogen) atoms. The van der Waals surface area contributed by atoms with Crippen molar-refractivity contribution in [2.24, 2.45) is 0 Å². The van der Waals surface area contributed by atoms with Gasteiger partial charge in [-0.05, 0) is 6.92 Å². The third-order valence-corrected chi connectivity index (χ3v) is 1.49. The van der Waals surface area contributed by atoms with Gasteiger partial charge in [0.25, 0.3) is 0 Å². The fourth-order valence-corrected chi connectivity index (χ4v) is 0.769. The molecule has 0 aromatic heterocycles. The molecule has 2 heteroatoms. The van der Waals surface area contributed by atoms with Crippen molar-refractivity contribution < 1.29 is 9.13 Å². The summed E-state index contributed by atoms with van der Waals surface area (Å²) in [4.78, 5) is 0. The molecule has 0 rings (SSSR count). The molecule has 0 N–H and O–H groups in total. The molecule has 78 valence electrons. The first-order chi connectivity index (χ1) is 6.85. The van der Waals surface area contributed by atoms with Crippen molar-refractivity contribution in [3.63, 3.8) is 0 Å². The predicted molar refractivity (Wildman–Crippen MR) is 59.0 cm³/mol. The lowest BCUT2D eigenvalue weighted by Gasteiger charge is -2.06. The fourth-order valence-electron chi connectivity index (χ4n) is 0.769. The molecule has 0 amide bonds. The van der Waals surface area contributed by atoms with E-state index >= 15 is 0 Å². The summed E-state index contributed by atoms with van der Waals surface area (Å²) in [6.45, 7) is 5.69. The molecule has 0 heterocycles. The minimum absolute atomic E-state index is 0.115. The Bertz CT molecular complexity index is 216. The van der Waals surface area contributed by atoms with Gasteiger partial charge < -0.3 is 4.74 Å². The van der Waals surface area contributed by atoms with Gasteiger partial charge in [0.1, 0.15) is 6.67 Å². The zero-order chi connectivity index (χ0) is 10.6. The van der Waals surface area contributed by atoms with Gasteiger partial charge >= 0.3 is 0 Å². The highest BCUT2D eigenvalue weighted by molar-refractivity contribution is 5.08. The molecule has 0 aromatic carbocycles. The van der Waals surface area contributed by atoms with Crippen molar-refractivity contribution in [2.45, 2.75) is 13.0 Å². The summed E-state index contributed by atoms with van der Waals surface area (Å²) >= 11 is 0. The van der Waals surface area contributed by atoms with Crippen LogP contribution in [0.5, 0.6) is 0 Å². The maximum Gasteiger partial charge on any atom is 0.108 e. The van der Waals surface area contributed by atoms with Crippen LogP contribution in [-0.4, -0.2) is 19.4 Å². The normalized spacial score (nSPS) is 14.4. The number of alkyl halides is 1. The third-order valence-electron chi connectivity index (χ3n) is 1.49. The lowest BCUT2D eigenvalue weighted by atomic mass is 10.3. The molecule has 0 fully saturated rings. The molecule has 1 nitrogen and oxygen atoms in total. The van der Waals surface area contributed by atoms with E-state index in [1.807, 2.05) is 25.2 Å². The van der Waals surface area contributed by atoms with Gasteiger partial charge in [-0.2, -0.15) is 0 Å². The van der Waals surface area contributed by atoms with Crippen molar-refractivity contribution in [3.8, 4) is 0 Å². The molecule has 0 aliphatic carbocycles. The van der Waals surface area contributed by atoms with E-state index in [2.05, 4.69) is 6.58 Å². The van der Waals surface area contributed by atoms with Crippen LogP contribution in [-0.2, 0) is 4.74 Å². The maximum absolute atomic E-state index is 11.7. The Morgan fingerprint density at radius 2 is 2.14 bits per heavy atom. The van der Waals surface area contributed by atoms with Gasteiger partial charge in [0.15, 0.2) is 0 Å². The van der Waals surface area contributed by atoms with Crippen LogP contribution in [0.3, 0.4) is 0 Å². The van der Waals surface area contributed by atoms with Crippen molar-refractivity contribution in [1.82, 2.24) is 0 Å². The Hall–Kier alpha value is -1.15. The lowest BCUT2D eigenvalue weighted by Crippen LogP contribution is -2.05. The van der Waals surface area contributed by atoms with E-state index in [1.165, 1.54) is 6.08 Å². The van der Waals surface area contributed by atoms with E-state index in [0.717, 1.165) is 0 Å². The Morgan fingerprint density at radius 1 is 1.36 bits per heavy atom. The van der Waals surface area contributed by atoms with Crippen LogP contribution < -0.4 is 0 Å². The number of allylic oxidation sites excluding steroid dienone is 4. The lowest BCUT2D eigenvalue weighted by molar-refractivity contribution is 0.142. The van der Waals surface area contributed by atoms with Gasteiger partial charge in [0.2, 0.25) is 0 Å². The largest absolute Gasteiger partial charge is 0.366 e. The van der Waals surface area contributed by atoms with Crippen molar-refractivity contribution in [2.75, 3.05) is 13.3 Å². The molecule has 0 aromatic rings. The number of rotatable bonds is 7. The van der Waals surface area contributed by atoms with Gasteiger partial charge in [-0.25, -0.2) is 4.39 Å². The average Bonchev–Trinajstić information content (AvgIpc) is 2.22. The molecule has 0 radical (unpaired) electrons. The molecule has 0 spiro atoms. The second-order valence-electron chi connectivity index (χ2n) is 2.57. The zero-order valence-corrected chi connectivity index (χ0v) is 8.53. The number of hydrogen-bond donors (Lipinski definition) is 0. The van der Waals surface area contributed by atoms with Crippen LogP contribution in [0.4, 0.5) is 4.39 Å². The van der Waals surface area contributed by atoms with Crippen molar-refractivity contribution >= 4 is 0 Å². The van der Waals surface area contributed by atoms with Gasteiger partial charge in [0.05, 0.1) is 12.7 Å². The molecular formula is C12H17FO. The second kappa shape index (κ2) is 9.93. The summed E-state index contributed by atoms with van der Waals surface area (Å²) in [5, 5.41) is 0. The summed E-state index contributed by atoms with van der Waals surface area (Å²) in [5.74, 6) is 0. The third kappa shape index (κ3) is 7.50. The SMILES string of the molecule is C=CC(/C=C\C=C/CF)OC/C=C/C. The molecule has 0 saturated carbocycles. The summed E-state index contributed by atoms with van der Waals surface area (Å²) in [5.41, 5.74) is 0. The van der Waals surface area contributed by atoms with Crippen molar-refractivity contribution in [1.29, 1.82) is 0 Å². The minimum atomic E-state index is -0.442. The Labute approximate surface area is 85.3 Å². The van der Waals surface area contributed by atoms with Crippen LogP contribution in [0.1, 0.15) is 6.92 Å². The maximum atomic E-state index is 11.7. The van der Waals surface area contributed by atoms with E-state index in [1.54, 1.807) is 18.2 Å². The Balaban J connectivity index is 3.83. The van der Waals surface area contributed by atoms with Crippen LogP contribution in [0.2, 0.25) is 0 Å². The highest BCUT2D eigenvalue weighted by Crippen LogP contribution is 1.96. The van der Waals surface area contributed by atoms with Gasteiger partial charge in [-0.3, -0.25) is 0 Å². The quantitative estimate of drug-likeness (QED) is 0.448. The summed E-state index contributed by atoms with van der Waals surface area (Å²) in [7, 11) is 0. The summed E-state index contributed by atoms with van der Waals surface area (Å²) < 4.78 is 17.1. The van der Waals surface area contributed by atoms with E-state index in [4.69, 9.17) is 4.74 Å². The van der Waals surface area contributed by atoms with Crippen molar-refractivity contribution in [3.05, 3.63) is 49.1 Å². The zero-order valence-electron chi connectivity index (χ0n) is 8.53. The summed E-state index contributed by atoms with van der Waals surface area (Å²) in [6, 6.07) is 0. The van der Waals surface area contributed by atoms with Crippen LogP contribution in [0.15, 0.2) is 49.1 Å². The fraction of sp³-hybridized carbons (Fsp3) is 0.333. The average molecular weight is 196 g/mol. The second-order valence-corrected chi connectivity index (χ2v) is 2.57. The molecule has 1 atom stereocenters. The van der Waals surface area contributed by atoms with E-state index in [0.29, 0.717) is 6.61 Å². The van der Waals surface area contributed by atoms with Crippen LogP contribution in [0, 0.1) is 0 Å².